The third kappa shape index (κ3) is 1.64. The van der Waals surface area contributed by atoms with E-state index in [1.54, 1.807) is 7.11 Å². The zero-order valence-corrected chi connectivity index (χ0v) is 10.6. The molecule has 0 unspecified atom stereocenters. The van der Waals surface area contributed by atoms with Gasteiger partial charge >= 0.3 is 0 Å². The summed E-state index contributed by atoms with van der Waals surface area (Å²) in [5, 5.41) is 0. The zero-order chi connectivity index (χ0) is 11.0. The highest BCUT2D eigenvalue weighted by molar-refractivity contribution is 8.01. The lowest BCUT2D eigenvalue weighted by Crippen LogP contribution is -2.26. The molecule has 3 rings (SSSR count). The maximum absolute atomic E-state index is 5.47. The SMILES string of the molecule is COc1cccc2c1SC1(CCCCC1)C2. The molecule has 0 bridgehead atoms. The Kier molecular flexibility index (Phi) is 2.62. The average molecular weight is 234 g/mol. The van der Waals surface area contributed by atoms with Crippen molar-refractivity contribution in [3.63, 3.8) is 0 Å². The smallest absolute Gasteiger partial charge is 0.132 e. The first kappa shape index (κ1) is 10.5. The van der Waals surface area contributed by atoms with Gasteiger partial charge in [-0.05, 0) is 30.9 Å². The Balaban J connectivity index is 1.93. The van der Waals surface area contributed by atoms with E-state index in [-0.39, 0.29) is 0 Å². The van der Waals surface area contributed by atoms with Gasteiger partial charge < -0.3 is 4.74 Å². The van der Waals surface area contributed by atoms with E-state index in [1.165, 1.54) is 49.0 Å². The molecule has 1 fully saturated rings. The highest BCUT2D eigenvalue weighted by atomic mass is 32.2. The summed E-state index contributed by atoms with van der Waals surface area (Å²) in [7, 11) is 1.78. The molecule has 0 N–H and O–H groups in total. The summed E-state index contributed by atoms with van der Waals surface area (Å²) in [6, 6.07) is 6.49. The molecule has 1 aromatic rings. The molecule has 0 atom stereocenters. The summed E-state index contributed by atoms with van der Waals surface area (Å²) in [6.45, 7) is 0. The van der Waals surface area contributed by atoms with Crippen LogP contribution in [-0.4, -0.2) is 11.9 Å². The van der Waals surface area contributed by atoms with Crippen molar-refractivity contribution < 1.29 is 4.74 Å². The predicted octanol–water partition coefficient (Wildman–Crippen LogP) is 4.05. The van der Waals surface area contributed by atoms with Gasteiger partial charge in [0.2, 0.25) is 0 Å². The number of rotatable bonds is 1. The molecule has 1 heterocycles. The minimum absolute atomic E-state index is 0.509. The van der Waals surface area contributed by atoms with Crippen LogP contribution in [0.2, 0.25) is 0 Å². The minimum Gasteiger partial charge on any atom is -0.496 e. The van der Waals surface area contributed by atoms with Crippen LogP contribution < -0.4 is 4.74 Å². The van der Waals surface area contributed by atoms with E-state index in [4.69, 9.17) is 4.74 Å². The van der Waals surface area contributed by atoms with Crippen LogP contribution in [0.25, 0.3) is 0 Å². The maximum atomic E-state index is 5.47. The van der Waals surface area contributed by atoms with Crippen molar-refractivity contribution >= 4 is 11.8 Å². The highest BCUT2D eigenvalue weighted by Crippen LogP contribution is 2.55. The minimum atomic E-state index is 0.509. The van der Waals surface area contributed by atoms with Gasteiger partial charge in [0, 0.05) is 4.75 Å². The van der Waals surface area contributed by atoms with Crippen molar-refractivity contribution in [3.05, 3.63) is 23.8 Å². The van der Waals surface area contributed by atoms with E-state index in [0.29, 0.717) is 4.75 Å². The van der Waals surface area contributed by atoms with Crippen molar-refractivity contribution in [2.45, 2.75) is 48.2 Å². The van der Waals surface area contributed by atoms with Gasteiger partial charge in [0.05, 0.1) is 12.0 Å². The lowest BCUT2D eigenvalue weighted by atomic mass is 9.84. The fourth-order valence-electron chi connectivity index (χ4n) is 3.05. The second-order valence-corrected chi connectivity index (χ2v) is 6.45. The molecule has 1 nitrogen and oxygen atoms in total. The molecule has 0 aromatic heterocycles. The largest absolute Gasteiger partial charge is 0.496 e. The van der Waals surface area contributed by atoms with Crippen molar-refractivity contribution in [1.29, 1.82) is 0 Å². The van der Waals surface area contributed by atoms with Gasteiger partial charge in [-0.15, -0.1) is 11.8 Å². The number of methoxy groups -OCH3 is 1. The monoisotopic (exact) mass is 234 g/mol. The molecule has 0 radical (unpaired) electrons. The summed E-state index contributed by atoms with van der Waals surface area (Å²) in [6.07, 6.45) is 8.26. The molecule has 86 valence electrons. The summed E-state index contributed by atoms with van der Waals surface area (Å²) < 4.78 is 5.98. The quantitative estimate of drug-likeness (QED) is 0.725. The molecule has 16 heavy (non-hydrogen) atoms. The first-order chi connectivity index (χ1) is 7.83. The van der Waals surface area contributed by atoms with Crippen LogP contribution in [0, 0.1) is 0 Å². The Morgan fingerprint density at radius 2 is 2.00 bits per heavy atom. The Bertz CT molecular complexity index is 394. The molecule has 1 aliphatic carbocycles. The topological polar surface area (TPSA) is 9.23 Å². The average Bonchev–Trinajstić information content (AvgIpc) is 2.67. The molecular weight excluding hydrogens is 216 g/mol. The zero-order valence-electron chi connectivity index (χ0n) is 9.79. The van der Waals surface area contributed by atoms with Crippen molar-refractivity contribution in [3.8, 4) is 5.75 Å². The number of hydrogen-bond acceptors (Lipinski definition) is 2. The van der Waals surface area contributed by atoms with Gasteiger partial charge in [-0.1, -0.05) is 31.4 Å². The van der Waals surface area contributed by atoms with Gasteiger partial charge in [0.25, 0.3) is 0 Å². The second-order valence-electron chi connectivity index (χ2n) is 4.97. The molecule has 1 aliphatic heterocycles. The van der Waals surface area contributed by atoms with Gasteiger partial charge in [0.1, 0.15) is 5.75 Å². The standard InChI is InChI=1S/C14H18OS/c1-15-12-7-5-6-11-10-14(16-13(11)12)8-3-2-4-9-14/h5-7H,2-4,8-10H2,1H3. The summed E-state index contributed by atoms with van der Waals surface area (Å²) in [5.41, 5.74) is 1.51. The van der Waals surface area contributed by atoms with Crippen LogP contribution in [0.4, 0.5) is 0 Å². The van der Waals surface area contributed by atoms with E-state index in [0.717, 1.165) is 5.75 Å². The predicted molar refractivity (Wildman–Crippen MR) is 68.4 cm³/mol. The summed E-state index contributed by atoms with van der Waals surface area (Å²) in [4.78, 5) is 1.41. The van der Waals surface area contributed by atoms with Crippen molar-refractivity contribution in [1.82, 2.24) is 0 Å². The fraction of sp³-hybridized carbons (Fsp3) is 0.571. The van der Waals surface area contributed by atoms with Crippen LogP contribution in [0.15, 0.2) is 23.1 Å². The van der Waals surface area contributed by atoms with Gasteiger partial charge in [-0.2, -0.15) is 0 Å². The van der Waals surface area contributed by atoms with Crippen molar-refractivity contribution in [2.24, 2.45) is 0 Å². The molecular formula is C14H18OS. The molecule has 1 saturated carbocycles. The molecule has 0 amide bonds. The van der Waals surface area contributed by atoms with Gasteiger partial charge in [-0.3, -0.25) is 0 Å². The van der Waals surface area contributed by atoms with E-state index in [9.17, 15) is 0 Å². The van der Waals surface area contributed by atoms with E-state index in [2.05, 4.69) is 30.0 Å². The third-order valence-corrected chi connectivity index (χ3v) is 5.53. The maximum Gasteiger partial charge on any atom is 0.132 e. The van der Waals surface area contributed by atoms with E-state index < -0.39 is 0 Å². The van der Waals surface area contributed by atoms with Crippen LogP contribution in [0.5, 0.6) is 5.75 Å². The Hall–Kier alpha value is -0.630. The van der Waals surface area contributed by atoms with Crippen LogP contribution >= 0.6 is 11.8 Å². The van der Waals surface area contributed by atoms with E-state index >= 15 is 0 Å². The number of benzene rings is 1. The van der Waals surface area contributed by atoms with E-state index in [1.807, 2.05) is 0 Å². The summed E-state index contributed by atoms with van der Waals surface area (Å²) in [5.74, 6) is 1.07. The third-order valence-electron chi connectivity index (χ3n) is 3.88. The fourth-order valence-corrected chi connectivity index (χ4v) is 4.73. The molecule has 1 aromatic carbocycles. The highest BCUT2D eigenvalue weighted by Gasteiger charge is 2.40. The van der Waals surface area contributed by atoms with Crippen LogP contribution in [0.1, 0.15) is 37.7 Å². The number of ether oxygens (including phenoxy) is 1. The van der Waals surface area contributed by atoms with Crippen LogP contribution in [0.3, 0.4) is 0 Å². The second kappa shape index (κ2) is 3.99. The Labute approximate surface area is 102 Å². The molecule has 2 aliphatic rings. The number of fused-ring (bicyclic) bond motifs is 1. The summed E-state index contributed by atoms with van der Waals surface area (Å²) >= 11 is 2.09. The molecule has 2 heteroatoms. The Morgan fingerprint density at radius 1 is 1.19 bits per heavy atom. The molecule has 0 saturated heterocycles. The van der Waals surface area contributed by atoms with Crippen molar-refractivity contribution in [2.75, 3.05) is 7.11 Å². The van der Waals surface area contributed by atoms with Gasteiger partial charge in [0.15, 0.2) is 0 Å². The van der Waals surface area contributed by atoms with Gasteiger partial charge in [-0.25, -0.2) is 0 Å². The lowest BCUT2D eigenvalue weighted by molar-refractivity contribution is 0.399. The first-order valence-corrected chi connectivity index (χ1v) is 7.00. The number of thioether (sulfide) groups is 1. The molecule has 1 spiro atoms. The number of hydrogen-bond donors (Lipinski definition) is 0. The Morgan fingerprint density at radius 3 is 2.75 bits per heavy atom. The first-order valence-electron chi connectivity index (χ1n) is 6.18. The lowest BCUT2D eigenvalue weighted by Gasteiger charge is -2.32. The van der Waals surface area contributed by atoms with Crippen LogP contribution in [-0.2, 0) is 6.42 Å². The normalized spacial score (nSPS) is 22.1.